The van der Waals surface area contributed by atoms with Gasteiger partial charge in [0.15, 0.2) is 0 Å². The molecule has 0 fully saturated rings. The molecule has 6 atom stereocenters. The molecule has 35 heavy (non-hydrogen) atoms. The number of unbranched alkanes of at least 4 members (excludes halogenated alkanes) is 1. The molecule has 0 bridgehead atoms. The second kappa shape index (κ2) is 15.0. The summed E-state index contributed by atoms with van der Waals surface area (Å²) >= 11 is 0. The van der Waals surface area contributed by atoms with Gasteiger partial charge in [-0.1, -0.05) is 30.3 Å². The summed E-state index contributed by atoms with van der Waals surface area (Å²) in [6, 6.07) is 3.55. The van der Waals surface area contributed by atoms with Gasteiger partial charge in [-0.2, -0.15) is 0 Å². The van der Waals surface area contributed by atoms with E-state index in [1.807, 2.05) is 0 Å². The predicted octanol–water partition coefficient (Wildman–Crippen LogP) is -2.01. The lowest BCUT2D eigenvalue weighted by atomic mass is 10.0. The van der Waals surface area contributed by atoms with E-state index >= 15 is 0 Å². The first-order chi connectivity index (χ1) is 16.5. The number of aliphatic carboxylic acids is 1. The second-order valence-electron chi connectivity index (χ2n) is 8.43. The summed E-state index contributed by atoms with van der Waals surface area (Å²) in [6.45, 7) is 2.97. The highest BCUT2D eigenvalue weighted by atomic mass is 16.4. The van der Waals surface area contributed by atoms with E-state index in [2.05, 4.69) is 16.0 Å². The minimum atomic E-state index is -1.49. The Bertz CT molecular complexity index is 835. The van der Waals surface area contributed by atoms with E-state index in [0.717, 1.165) is 0 Å². The van der Waals surface area contributed by atoms with Crippen LogP contribution in [0.25, 0.3) is 0 Å². The van der Waals surface area contributed by atoms with Gasteiger partial charge in [0.1, 0.15) is 24.2 Å². The zero-order valence-electron chi connectivity index (χ0n) is 20.0. The largest absolute Gasteiger partial charge is 0.480 e. The van der Waals surface area contributed by atoms with Gasteiger partial charge in [0.2, 0.25) is 17.7 Å². The van der Waals surface area contributed by atoms with Gasteiger partial charge in [-0.3, -0.25) is 14.4 Å². The standard InChI is InChI=1S/C23H37N5O7/c1-13(29)18(25)21(32)27-17(12-15-8-4-3-5-9-15)20(31)28-19(14(2)30)22(33)26-16(23(34)35)10-6-7-11-24/h3-5,8-9,13-14,16-19,29-30H,6-7,10-12,24-25H2,1-2H3,(H,26,33)(H,27,32)(H,28,31)(H,34,35). The average Bonchev–Trinajstić information content (AvgIpc) is 2.80. The average molecular weight is 496 g/mol. The summed E-state index contributed by atoms with van der Waals surface area (Å²) in [5, 5.41) is 36.3. The molecule has 0 aliphatic rings. The maximum atomic E-state index is 13.1. The van der Waals surface area contributed by atoms with Crippen LogP contribution >= 0.6 is 0 Å². The Labute approximate surface area is 204 Å². The molecule has 0 aliphatic heterocycles. The van der Waals surface area contributed by atoms with E-state index in [1.54, 1.807) is 30.3 Å². The highest BCUT2D eigenvalue weighted by Gasteiger charge is 2.33. The molecule has 3 amide bonds. The summed E-state index contributed by atoms with van der Waals surface area (Å²) in [7, 11) is 0. The molecule has 0 radical (unpaired) electrons. The summed E-state index contributed by atoms with van der Waals surface area (Å²) in [6.07, 6.45) is -1.33. The zero-order chi connectivity index (χ0) is 26.5. The molecule has 0 saturated heterocycles. The number of rotatable bonds is 15. The molecule has 0 aromatic heterocycles. The third kappa shape index (κ3) is 10.4. The van der Waals surface area contributed by atoms with Crippen LogP contribution in [0.3, 0.4) is 0 Å². The summed E-state index contributed by atoms with van der Waals surface area (Å²) in [5.74, 6) is -3.72. The van der Waals surface area contributed by atoms with Gasteiger partial charge < -0.3 is 42.7 Å². The van der Waals surface area contributed by atoms with Crippen molar-refractivity contribution in [3.8, 4) is 0 Å². The van der Waals surface area contributed by atoms with Crippen LogP contribution in [-0.2, 0) is 25.6 Å². The molecule has 196 valence electrons. The third-order valence-electron chi connectivity index (χ3n) is 5.36. The van der Waals surface area contributed by atoms with Crippen LogP contribution in [-0.4, -0.2) is 81.9 Å². The number of carbonyl (C=O) groups is 4. The molecular formula is C23H37N5O7. The van der Waals surface area contributed by atoms with E-state index < -0.39 is 60.1 Å². The Hall–Kier alpha value is -3.06. The predicted molar refractivity (Wildman–Crippen MR) is 128 cm³/mol. The van der Waals surface area contributed by atoms with Gasteiger partial charge in [0.05, 0.1) is 12.2 Å². The minimum absolute atomic E-state index is 0.0376. The van der Waals surface area contributed by atoms with Gasteiger partial charge in [-0.25, -0.2) is 4.79 Å². The van der Waals surface area contributed by atoms with Gasteiger partial charge in [0, 0.05) is 6.42 Å². The normalized spacial score (nSPS) is 16.2. The first kappa shape index (κ1) is 30.0. The maximum absolute atomic E-state index is 13.1. The van der Waals surface area contributed by atoms with Crippen LogP contribution < -0.4 is 27.4 Å². The van der Waals surface area contributed by atoms with Crippen LogP contribution in [0.15, 0.2) is 30.3 Å². The van der Waals surface area contributed by atoms with Gasteiger partial charge in [-0.05, 0) is 45.2 Å². The highest BCUT2D eigenvalue weighted by molar-refractivity contribution is 5.94. The minimum Gasteiger partial charge on any atom is -0.480 e. The summed E-state index contributed by atoms with van der Waals surface area (Å²) < 4.78 is 0. The zero-order valence-corrected chi connectivity index (χ0v) is 20.0. The van der Waals surface area contributed by atoms with Crippen molar-refractivity contribution in [2.75, 3.05) is 6.54 Å². The quantitative estimate of drug-likeness (QED) is 0.126. The number of carboxylic acid groups (broad SMARTS) is 1. The van der Waals surface area contributed by atoms with Crippen molar-refractivity contribution in [3.05, 3.63) is 35.9 Å². The van der Waals surface area contributed by atoms with Gasteiger partial charge in [-0.15, -0.1) is 0 Å². The van der Waals surface area contributed by atoms with Crippen LogP contribution in [0.2, 0.25) is 0 Å². The lowest BCUT2D eigenvalue weighted by Crippen LogP contribution is -2.60. The Morgan fingerprint density at radius 2 is 1.46 bits per heavy atom. The fourth-order valence-corrected chi connectivity index (χ4v) is 3.22. The number of amides is 3. The van der Waals surface area contributed by atoms with E-state index in [-0.39, 0.29) is 12.8 Å². The number of benzene rings is 1. The van der Waals surface area contributed by atoms with Crippen LogP contribution in [0.5, 0.6) is 0 Å². The molecule has 1 aromatic rings. The molecule has 0 saturated carbocycles. The number of nitrogens with one attached hydrogen (secondary N) is 3. The number of nitrogens with two attached hydrogens (primary N) is 2. The number of carbonyl (C=O) groups excluding carboxylic acids is 3. The third-order valence-corrected chi connectivity index (χ3v) is 5.36. The van der Waals surface area contributed by atoms with Crippen molar-refractivity contribution in [1.82, 2.24) is 16.0 Å². The maximum Gasteiger partial charge on any atom is 0.326 e. The Morgan fingerprint density at radius 1 is 0.857 bits per heavy atom. The lowest BCUT2D eigenvalue weighted by molar-refractivity contribution is -0.143. The second-order valence-corrected chi connectivity index (χ2v) is 8.43. The molecule has 0 spiro atoms. The first-order valence-electron chi connectivity index (χ1n) is 11.5. The first-order valence-corrected chi connectivity index (χ1v) is 11.5. The van der Waals surface area contributed by atoms with Crippen molar-refractivity contribution in [2.45, 2.75) is 75.9 Å². The molecule has 6 unspecified atom stereocenters. The topological polar surface area (TPSA) is 217 Å². The van der Waals surface area contributed by atoms with E-state index in [9.17, 15) is 34.5 Å². The van der Waals surface area contributed by atoms with E-state index in [0.29, 0.717) is 24.9 Å². The molecule has 1 rings (SSSR count). The smallest absolute Gasteiger partial charge is 0.326 e. The molecular weight excluding hydrogens is 458 g/mol. The fourth-order valence-electron chi connectivity index (χ4n) is 3.22. The van der Waals surface area contributed by atoms with Crippen LogP contribution in [0, 0.1) is 0 Å². The number of hydrogen-bond donors (Lipinski definition) is 8. The molecule has 0 heterocycles. The van der Waals surface area contributed by atoms with Crippen molar-refractivity contribution in [3.63, 3.8) is 0 Å². The van der Waals surface area contributed by atoms with Gasteiger partial charge >= 0.3 is 5.97 Å². The molecule has 10 N–H and O–H groups in total. The Balaban J connectivity index is 3.02. The highest BCUT2D eigenvalue weighted by Crippen LogP contribution is 2.07. The monoisotopic (exact) mass is 495 g/mol. The number of aliphatic hydroxyl groups is 2. The Morgan fingerprint density at radius 3 is 1.97 bits per heavy atom. The van der Waals surface area contributed by atoms with Gasteiger partial charge in [0.25, 0.3) is 0 Å². The number of carboxylic acids is 1. The van der Waals surface area contributed by atoms with Crippen molar-refractivity contribution < 1.29 is 34.5 Å². The van der Waals surface area contributed by atoms with Crippen molar-refractivity contribution in [1.29, 1.82) is 0 Å². The molecule has 12 nitrogen and oxygen atoms in total. The molecule has 12 heteroatoms. The molecule has 1 aromatic carbocycles. The van der Waals surface area contributed by atoms with Crippen LogP contribution in [0.1, 0.15) is 38.7 Å². The molecule has 0 aliphatic carbocycles. The van der Waals surface area contributed by atoms with Crippen molar-refractivity contribution in [2.24, 2.45) is 11.5 Å². The fraction of sp³-hybridized carbons (Fsp3) is 0.565. The van der Waals surface area contributed by atoms with Crippen molar-refractivity contribution >= 4 is 23.7 Å². The van der Waals surface area contributed by atoms with E-state index in [1.165, 1.54) is 13.8 Å². The summed E-state index contributed by atoms with van der Waals surface area (Å²) in [5.41, 5.74) is 11.8. The summed E-state index contributed by atoms with van der Waals surface area (Å²) in [4.78, 5) is 49.8. The van der Waals surface area contributed by atoms with E-state index in [4.69, 9.17) is 11.5 Å². The number of hydrogen-bond acceptors (Lipinski definition) is 8. The van der Waals surface area contributed by atoms with Crippen LogP contribution in [0.4, 0.5) is 0 Å². The number of aliphatic hydroxyl groups excluding tert-OH is 2. The lowest BCUT2D eigenvalue weighted by Gasteiger charge is -2.27. The SMILES string of the molecule is CC(O)C(N)C(=O)NC(Cc1ccccc1)C(=O)NC(C(=O)NC(CCCCN)C(=O)O)C(C)O. The Kier molecular flexibility index (Phi) is 12.9.